The Morgan fingerprint density at radius 2 is 2.06 bits per heavy atom. The number of likely N-dealkylation sites (N-methyl/N-ethyl adjacent to an activating group) is 2. The van der Waals surface area contributed by atoms with Crippen LogP contribution in [0, 0.1) is 0 Å². The summed E-state index contributed by atoms with van der Waals surface area (Å²) in [5.74, 6) is 0. The van der Waals surface area contributed by atoms with Crippen LogP contribution in [0.25, 0.3) is 10.9 Å². The van der Waals surface area contributed by atoms with Gasteiger partial charge in [0.1, 0.15) is 0 Å². The molecule has 3 heteroatoms. The molecule has 1 aromatic carbocycles. The van der Waals surface area contributed by atoms with E-state index >= 15 is 0 Å². The van der Waals surface area contributed by atoms with Crippen molar-refractivity contribution in [3.05, 3.63) is 36.5 Å². The van der Waals surface area contributed by atoms with E-state index in [1.165, 1.54) is 11.1 Å². The minimum absolute atomic E-state index is 0.972. The molecule has 1 aromatic heterocycles. The van der Waals surface area contributed by atoms with Gasteiger partial charge in [-0.25, -0.2) is 0 Å². The molecule has 0 aliphatic heterocycles. The lowest BCUT2D eigenvalue weighted by atomic mass is 10.2. The third-order valence-electron chi connectivity index (χ3n) is 2.72. The molecule has 0 aliphatic carbocycles. The van der Waals surface area contributed by atoms with Gasteiger partial charge in [0.2, 0.25) is 0 Å². The summed E-state index contributed by atoms with van der Waals surface area (Å²) in [7, 11) is 4.07. The number of nitrogens with zero attached hydrogens (tertiary/aromatic N) is 2. The van der Waals surface area contributed by atoms with E-state index < -0.39 is 0 Å². The number of para-hydroxylation sites is 1. The molecule has 2 aromatic rings. The lowest BCUT2D eigenvalue weighted by Gasteiger charge is -2.20. The number of anilines is 1. The van der Waals surface area contributed by atoms with Gasteiger partial charge in [0.15, 0.2) is 0 Å². The molecule has 0 saturated heterocycles. The molecule has 0 saturated carbocycles. The fourth-order valence-corrected chi connectivity index (χ4v) is 1.80. The summed E-state index contributed by atoms with van der Waals surface area (Å²) in [5, 5.41) is 4.35. The average molecular weight is 215 g/mol. The summed E-state index contributed by atoms with van der Waals surface area (Å²) < 4.78 is 0. The highest BCUT2D eigenvalue weighted by Gasteiger charge is 2.05. The number of nitrogens with one attached hydrogen (secondary N) is 1. The molecule has 2 rings (SSSR count). The quantitative estimate of drug-likeness (QED) is 0.844. The van der Waals surface area contributed by atoms with Crippen molar-refractivity contribution < 1.29 is 0 Å². The van der Waals surface area contributed by atoms with Crippen molar-refractivity contribution >= 4 is 16.6 Å². The van der Waals surface area contributed by atoms with E-state index in [-0.39, 0.29) is 0 Å². The van der Waals surface area contributed by atoms with Gasteiger partial charge in [-0.05, 0) is 19.2 Å². The van der Waals surface area contributed by atoms with Crippen molar-refractivity contribution in [1.82, 2.24) is 10.3 Å². The zero-order chi connectivity index (χ0) is 11.4. The molecule has 1 heterocycles. The molecule has 1 N–H and O–H groups in total. The smallest absolute Gasteiger partial charge is 0.0935 e. The maximum absolute atomic E-state index is 4.45. The molecule has 0 spiro atoms. The zero-order valence-electron chi connectivity index (χ0n) is 9.77. The number of aromatic nitrogens is 1. The van der Waals surface area contributed by atoms with E-state index in [4.69, 9.17) is 0 Å². The molecule has 0 radical (unpaired) electrons. The Bertz CT molecular complexity index is 462. The summed E-state index contributed by atoms with van der Waals surface area (Å²) in [6.07, 6.45) is 1.84. The monoisotopic (exact) mass is 215 g/mol. The minimum atomic E-state index is 0.972. The highest BCUT2D eigenvalue weighted by atomic mass is 15.1. The number of pyridine rings is 1. The maximum atomic E-state index is 4.45. The van der Waals surface area contributed by atoms with Gasteiger partial charge in [-0.1, -0.05) is 18.2 Å². The van der Waals surface area contributed by atoms with Crippen molar-refractivity contribution in [3.63, 3.8) is 0 Å². The van der Waals surface area contributed by atoms with Crippen molar-refractivity contribution in [1.29, 1.82) is 0 Å². The van der Waals surface area contributed by atoms with Crippen molar-refractivity contribution in [3.8, 4) is 0 Å². The van der Waals surface area contributed by atoms with Crippen LogP contribution in [0.2, 0.25) is 0 Å². The Hall–Kier alpha value is -1.61. The predicted octanol–water partition coefficient (Wildman–Crippen LogP) is 1.89. The fourth-order valence-electron chi connectivity index (χ4n) is 1.80. The predicted molar refractivity (Wildman–Crippen MR) is 68.9 cm³/mol. The summed E-state index contributed by atoms with van der Waals surface area (Å²) in [4.78, 5) is 6.68. The van der Waals surface area contributed by atoms with E-state index in [0.717, 1.165) is 18.6 Å². The molecule has 0 atom stereocenters. The first-order valence-corrected chi connectivity index (χ1v) is 5.52. The number of hydrogen-bond donors (Lipinski definition) is 1. The van der Waals surface area contributed by atoms with Gasteiger partial charge in [0.25, 0.3) is 0 Å². The molecule has 0 bridgehead atoms. The Balaban J connectivity index is 2.36. The lowest BCUT2D eigenvalue weighted by Crippen LogP contribution is -2.27. The SMILES string of the molecule is CNCCN(C)c1cccc2cccnc12. The second-order valence-electron chi connectivity index (χ2n) is 3.88. The molecule has 84 valence electrons. The van der Waals surface area contributed by atoms with Crippen LogP contribution in [-0.2, 0) is 0 Å². The summed E-state index contributed by atoms with van der Waals surface area (Å²) in [6, 6.07) is 10.4. The van der Waals surface area contributed by atoms with Crippen molar-refractivity contribution in [2.24, 2.45) is 0 Å². The standard InChI is InChI=1S/C13H17N3/c1-14-9-10-16(2)12-7-3-5-11-6-4-8-15-13(11)12/h3-8,14H,9-10H2,1-2H3. The zero-order valence-corrected chi connectivity index (χ0v) is 9.77. The molecule has 0 unspecified atom stereocenters. The molecule has 0 amide bonds. The van der Waals surface area contributed by atoms with Gasteiger partial charge in [-0.2, -0.15) is 0 Å². The molecule has 16 heavy (non-hydrogen) atoms. The molecule has 3 nitrogen and oxygen atoms in total. The first-order chi connectivity index (χ1) is 7.83. The second-order valence-corrected chi connectivity index (χ2v) is 3.88. The molecular weight excluding hydrogens is 198 g/mol. The molecule has 0 fully saturated rings. The number of rotatable bonds is 4. The normalized spacial score (nSPS) is 10.6. The van der Waals surface area contributed by atoms with Crippen LogP contribution in [0.4, 0.5) is 5.69 Å². The first kappa shape index (κ1) is 10.9. The van der Waals surface area contributed by atoms with Gasteiger partial charge in [0, 0.05) is 31.7 Å². The minimum Gasteiger partial charge on any atom is -0.372 e. The van der Waals surface area contributed by atoms with Crippen LogP contribution in [0.3, 0.4) is 0 Å². The maximum Gasteiger partial charge on any atom is 0.0935 e. The lowest BCUT2D eigenvalue weighted by molar-refractivity contribution is 0.769. The number of hydrogen-bond acceptors (Lipinski definition) is 3. The first-order valence-electron chi connectivity index (χ1n) is 5.52. The van der Waals surface area contributed by atoms with Gasteiger partial charge in [-0.3, -0.25) is 4.98 Å². The Kier molecular flexibility index (Phi) is 3.37. The van der Waals surface area contributed by atoms with E-state index in [1.54, 1.807) is 0 Å². The van der Waals surface area contributed by atoms with Crippen LogP contribution < -0.4 is 10.2 Å². The average Bonchev–Trinajstić information content (AvgIpc) is 2.35. The highest BCUT2D eigenvalue weighted by Crippen LogP contribution is 2.23. The third-order valence-corrected chi connectivity index (χ3v) is 2.72. The second kappa shape index (κ2) is 4.94. The number of fused-ring (bicyclic) bond motifs is 1. The van der Waals surface area contributed by atoms with Crippen LogP contribution in [0.1, 0.15) is 0 Å². The topological polar surface area (TPSA) is 28.2 Å². The fraction of sp³-hybridized carbons (Fsp3) is 0.308. The van der Waals surface area contributed by atoms with Crippen LogP contribution in [0.5, 0.6) is 0 Å². The van der Waals surface area contributed by atoms with Crippen LogP contribution >= 0.6 is 0 Å². The van der Waals surface area contributed by atoms with Crippen LogP contribution in [-0.4, -0.2) is 32.2 Å². The van der Waals surface area contributed by atoms with E-state index in [1.807, 2.05) is 19.3 Å². The van der Waals surface area contributed by atoms with Gasteiger partial charge >= 0.3 is 0 Å². The number of benzene rings is 1. The largest absolute Gasteiger partial charge is 0.372 e. The van der Waals surface area contributed by atoms with E-state index in [0.29, 0.717) is 0 Å². The van der Waals surface area contributed by atoms with Crippen LogP contribution in [0.15, 0.2) is 36.5 Å². The third kappa shape index (κ3) is 2.14. The summed E-state index contributed by atoms with van der Waals surface area (Å²) in [6.45, 7) is 1.95. The molecule has 0 aliphatic rings. The van der Waals surface area contributed by atoms with Gasteiger partial charge in [0.05, 0.1) is 11.2 Å². The van der Waals surface area contributed by atoms with Crippen molar-refractivity contribution in [2.75, 3.05) is 32.1 Å². The summed E-state index contributed by atoms with van der Waals surface area (Å²) in [5.41, 5.74) is 2.26. The Morgan fingerprint density at radius 3 is 2.88 bits per heavy atom. The van der Waals surface area contributed by atoms with E-state index in [2.05, 4.69) is 46.5 Å². The van der Waals surface area contributed by atoms with Gasteiger partial charge < -0.3 is 10.2 Å². The Morgan fingerprint density at radius 1 is 1.25 bits per heavy atom. The van der Waals surface area contributed by atoms with E-state index in [9.17, 15) is 0 Å². The highest BCUT2D eigenvalue weighted by molar-refractivity contribution is 5.90. The summed E-state index contributed by atoms with van der Waals surface area (Å²) >= 11 is 0. The van der Waals surface area contributed by atoms with Gasteiger partial charge in [-0.15, -0.1) is 0 Å². The van der Waals surface area contributed by atoms with Crippen molar-refractivity contribution in [2.45, 2.75) is 0 Å². The molecular formula is C13H17N3. The Labute approximate surface area is 96.1 Å².